The molecule has 6 heteroatoms. The molecular weight excluding hydrogens is 346 g/mol. The van der Waals surface area contributed by atoms with E-state index in [-0.39, 0.29) is 11.9 Å². The van der Waals surface area contributed by atoms with Crippen LogP contribution in [0.3, 0.4) is 0 Å². The molecule has 2 aromatic carbocycles. The van der Waals surface area contributed by atoms with Crippen LogP contribution < -0.4 is 24.3 Å². The Bertz CT molecular complexity index is 775. The van der Waals surface area contributed by atoms with Crippen LogP contribution in [0, 0.1) is 0 Å². The fourth-order valence-electron chi connectivity index (χ4n) is 2.68. The van der Waals surface area contributed by atoms with Crippen molar-refractivity contribution in [3.8, 4) is 23.0 Å². The molecule has 1 atom stereocenters. The van der Waals surface area contributed by atoms with Crippen molar-refractivity contribution in [1.82, 2.24) is 5.32 Å². The topological polar surface area (TPSA) is 66.0 Å². The zero-order chi connectivity index (χ0) is 19.8. The summed E-state index contributed by atoms with van der Waals surface area (Å²) in [4.78, 5) is 12.7. The molecule has 0 aliphatic rings. The van der Waals surface area contributed by atoms with Crippen molar-refractivity contribution in [1.29, 1.82) is 0 Å². The maximum atomic E-state index is 12.7. The van der Waals surface area contributed by atoms with Crippen molar-refractivity contribution < 1.29 is 23.7 Å². The Morgan fingerprint density at radius 1 is 0.889 bits per heavy atom. The van der Waals surface area contributed by atoms with E-state index < -0.39 is 0 Å². The van der Waals surface area contributed by atoms with Gasteiger partial charge >= 0.3 is 0 Å². The van der Waals surface area contributed by atoms with Gasteiger partial charge in [0.25, 0.3) is 5.91 Å². The number of carbonyl (C=O) groups excluding carboxylic acids is 1. The monoisotopic (exact) mass is 373 g/mol. The van der Waals surface area contributed by atoms with E-state index in [1.54, 1.807) is 32.4 Å². The normalized spacial score (nSPS) is 11.4. The molecule has 0 aliphatic carbocycles. The largest absolute Gasteiger partial charge is 0.493 e. The van der Waals surface area contributed by atoms with Gasteiger partial charge in [0.2, 0.25) is 0 Å². The van der Waals surface area contributed by atoms with Crippen molar-refractivity contribution in [2.45, 2.75) is 26.8 Å². The minimum atomic E-state index is -0.209. The van der Waals surface area contributed by atoms with Crippen molar-refractivity contribution in [3.05, 3.63) is 47.5 Å². The minimum Gasteiger partial charge on any atom is -0.493 e. The predicted octanol–water partition coefficient (Wildman–Crippen LogP) is 3.99. The van der Waals surface area contributed by atoms with Gasteiger partial charge in [0.1, 0.15) is 0 Å². The number of hydrogen-bond acceptors (Lipinski definition) is 5. The SMILES string of the molecule is CCOc1ccc(C(=O)N[C@H](C)c2ccc(OC)c(OC)c2)cc1OCC. The van der Waals surface area contributed by atoms with Gasteiger partial charge in [-0.1, -0.05) is 6.07 Å². The molecule has 27 heavy (non-hydrogen) atoms. The molecule has 146 valence electrons. The van der Waals surface area contributed by atoms with Gasteiger partial charge in [0.05, 0.1) is 33.5 Å². The summed E-state index contributed by atoms with van der Waals surface area (Å²) in [5.74, 6) is 2.26. The number of benzene rings is 2. The number of methoxy groups -OCH3 is 2. The van der Waals surface area contributed by atoms with Gasteiger partial charge in [-0.05, 0) is 56.7 Å². The summed E-state index contributed by atoms with van der Waals surface area (Å²) >= 11 is 0. The van der Waals surface area contributed by atoms with E-state index in [0.717, 1.165) is 5.56 Å². The number of amides is 1. The second-order valence-electron chi connectivity index (χ2n) is 5.84. The number of nitrogens with one attached hydrogen (secondary N) is 1. The first kappa shape index (κ1) is 20.4. The molecule has 0 bridgehead atoms. The molecule has 0 radical (unpaired) electrons. The smallest absolute Gasteiger partial charge is 0.251 e. The molecule has 0 aliphatic heterocycles. The lowest BCUT2D eigenvalue weighted by atomic mass is 10.1. The average Bonchev–Trinajstić information content (AvgIpc) is 2.68. The van der Waals surface area contributed by atoms with Gasteiger partial charge in [-0.25, -0.2) is 0 Å². The summed E-state index contributed by atoms with van der Waals surface area (Å²) < 4.78 is 21.7. The maximum absolute atomic E-state index is 12.7. The molecule has 0 spiro atoms. The fraction of sp³-hybridized carbons (Fsp3) is 0.381. The van der Waals surface area contributed by atoms with Crippen molar-refractivity contribution in [2.24, 2.45) is 0 Å². The van der Waals surface area contributed by atoms with Gasteiger partial charge < -0.3 is 24.3 Å². The van der Waals surface area contributed by atoms with E-state index >= 15 is 0 Å². The zero-order valence-corrected chi connectivity index (χ0v) is 16.5. The molecule has 0 saturated carbocycles. The summed E-state index contributed by atoms with van der Waals surface area (Å²) in [7, 11) is 3.17. The Morgan fingerprint density at radius 3 is 2.15 bits per heavy atom. The average molecular weight is 373 g/mol. The Labute approximate surface area is 160 Å². The van der Waals surface area contributed by atoms with Crippen LogP contribution in [0.15, 0.2) is 36.4 Å². The van der Waals surface area contributed by atoms with Crippen LogP contribution in [-0.2, 0) is 0 Å². The highest BCUT2D eigenvalue weighted by Crippen LogP contribution is 2.31. The van der Waals surface area contributed by atoms with Gasteiger partial charge in [-0.15, -0.1) is 0 Å². The van der Waals surface area contributed by atoms with E-state index in [0.29, 0.717) is 41.8 Å². The van der Waals surface area contributed by atoms with Crippen molar-refractivity contribution >= 4 is 5.91 Å². The molecule has 2 aromatic rings. The van der Waals surface area contributed by atoms with Crippen LogP contribution in [-0.4, -0.2) is 33.3 Å². The Hall–Kier alpha value is -2.89. The third kappa shape index (κ3) is 5.06. The first-order valence-electron chi connectivity index (χ1n) is 8.96. The third-order valence-electron chi connectivity index (χ3n) is 4.06. The molecule has 1 amide bonds. The van der Waals surface area contributed by atoms with Crippen LogP contribution in [0.25, 0.3) is 0 Å². The van der Waals surface area contributed by atoms with E-state index in [4.69, 9.17) is 18.9 Å². The number of ether oxygens (including phenoxy) is 4. The Balaban J connectivity index is 2.17. The second-order valence-corrected chi connectivity index (χ2v) is 5.84. The van der Waals surface area contributed by atoms with E-state index in [9.17, 15) is 4.79 Å². The molecule has 2 rings (SSSR count). The molecule has 6 nitrogen and oxygen atoms in total. The summed E-state index contributed by atoms with van der Waals surface area (Å²) in [5, 5.41) is 2.99. The van der Waals surface area contributed by atoms with Gasteiger partial charge in [0, 0.05) is 5.56 Å². The Kier molecular flexibility index (Phi) is 7.34. The van der Waals surface area contributed by atoms with Crippen LogP contribution >= 0.6 is 0 Å². The van der Waals surface area contributed by atoms with Crippen molar-refractivity contribution in [2.75, 3.05) is 27.4 Å². The van der Waals surface area contributed by atoms with E-state index in [2.05, 4.69) is 5.32 Å². The van der Waals surface area contributed by atoms with Crippen LogP contribution in [0.4, 0.5) is 0 Å². The molecule has 0 unspecified atom stereocenters. The van der Waals surface area contributed by atoms with Gasteiger partial charge in [0.15, 0.2) is 23.0 Å². The van der Waals surface area contributed by atoms with E-state index in [1.165, 1.54) is 0 Å². The van der Waals surface area contributed by atoms with Crippen LogP contribution in [0.2, 0.25) is 0 Å². The molecule has 0 aromatic heterocycles. The molecule has 0 fully saturated rings. The highest BCUT2D eigenvalue weighted by Gasteiger charge is 2.16. The predicted molar refractivity (Wildman–Crippen MR) is 104 cm³/mol. The minimum absolute atomic E-state index is 0.193. The summed E-state index contributed by atoms with van der Waals surface area (Å²) in [5.41, 5.74) is 1.42. The van der Waals surface area contributed by atoms with Crippen LogP contribution in [0.1, 0.15) is 42.7 Å². The number of rotatable bonds is 9. The van der Waals surface area contributed by atoms with Crippen molar-refractivity contribution in [3.63, 3.8) is 0 Å². The first-order valence-corrected chi connectivity index (χ1v) is 8.96. The standard InChI is InChI=1S/C21H27NO5/c1-6-26-18-11-9-16(13-20(18)27-7-2)21(23)22-14(3)15-8-10-17(24-4)19(12-15)25-5/h8-14H,6-7H2,1-5H3,(H,22,23)/t14-/m1/s1. The first-order chi connectivity index (χ1) is 13.0. The lowest BCUT2D eigenvalue weighted by Gasteiger charge is -2.17. The summed E-state index contributed by atoms with van der Waals surface area (Å²) in [6, 6.07) is 10.5. The molecular formula is C21H27NO5. The third-order valence-corrected chi connectivity index (χ3v) is 4.06. The highest BCUT2D eigenvalue weighted by molar-refractivity contribution is 5.95. The second kappa shape index (κ2) is 9.71. The van der Waals surface area contributed by atoms with Crippen LogP contribution in [0.5, 0.6) is 23.0 Å². The highest BCUT2D eigenvalue weighted by atomic mass is 16.5. The number of carbonyl (C=O) groups is 1. The fourth-order valence-corrected chi connectivity index (χ4v) is 2.68. The molecule has 0 saturated heterocycles. The lowest BCUT2D eigenvalue weighted by Crippen LogP contribution is -2.26. The van der Waals surface area contributed by atoms with E-state index in [1.807, 2.05) is 39.0 Å². The summed E-state index contributed by atoms with van der Waals surface area (Å²) in [6.45, 7) is 6.73. The molecule has 1 N–H and O–H groups in total. The van der Waals surface area contributed by atoms with Gasteiger partial charge in [-0.3, -0.25) is 4.79 Å². The van der Waals surface area contributed by atoms with Gasteiger partial charge in [-0.2, -0.15) is 0 Å². The zero-order valence-electron chi connectivity index (χ0n) is 16.5. The molecule has 0 heterocycles. The lowest BCUT2D eigenvalue weighted by molar-refractivity contribution is 0.0939. The number of hydrogen-bond donors (Lipinski definition) is 1. The Morgan fingerprint density at radius 2 is 1.52 bits per heavy atom. The maximum Gasteiger partial charge on any atom is 0.251 e. The summed E-state index contributed by atoms with van der Waals surface area (Å²) in [6.07, 6.45) is 0. The quantitative estimate of drug-likeness (QED) is 0.720.